The van der Waals surface area contributed by atoms with E-state index in [9.17, 15) is 4.79 Å². The van der Waals surface area contributed by atoms with Gasteiger partial charge in [-0.3, -0.25) is 4.79 Å². The van der Waals surface area contributed by atoms with Gasteiger partial charge in [-0.25, -0.2) is 4.68 Å². The first kappa shape index (κ1) is 15.7. The Labute approximate surface area is 129 Å². The predicted octanol–water partition coefficient (Wildman–Crippen LogP) is 2.87. The SMILES string of the molecule is C[C@@H](Sc1nnnn1C)C(=O)c1ccc(C(C)(C)C)cc1. The molecule has 5 nitrogen and oxygen atoms in total. The van der Waals surface area contributed by atoms with Crippen LogP contribution in [0.15, 0.2) is 29.4 Å². The molecule has 0 saturated carbocycles. The lowest BCUT2D eigenvalue weighted by Gasteiger charge is -2.19. The van der Waals surface area contributed by atoms with Crippen molar-refractivity contribution >= 4 is 17.5 Å². The molecule has 2 rings (SSSR count). The predicted molar refractivity (Wildman–Crippen MR) is 83.6 cm³/mol. The lowest BCUT2D eigenvalue weighted by Crippen LogP contribution is -2.16. The summed E-state index contributed by atoms with van der Waals surface area (Å²) in [5, 5.41) is 11.6. The Balaban J connectivity index is 2.11. The fraction of sp³-hybridized carbons (Fsp3) is 0.467. The molecule has 0 N–H and O–H groups in total. The second kappa shape index (κ2) is 5.97. The van der Waals surface area contributed by atoms with Crippen molar-refractivity contribution in [1.82, 2.24) is 20.2 Å². The average Bonchev–Trinajstić information content (AvgIpc) is 2.82. The van der Waals surface area contributed by atoms with Gasteiger partial charge in [-0.2, -0.15) is 0 Å². The molecule has 112 valence electrons. The zero-order chi connectivity index (χ0) is 15.6. The highest BCUT2D eigenvalue weighted by molar-refractivity contribution is 8.00. The molecule has 0 saturated heterocycles. The number of tetrazole rings is 1. The highest BCUT2D eigenvalue weighted by Gasteiger charge is 2.20. The van der Waals surface area contributed by atoms with Crippen LogP contribution in [-0.4, -0.2) is 31.2 Å². The van der Waals surface area contributed by atoms with Crippen molar-refractivity contribution in [1.29, 1.82) is 0 Å². The second-order valence-electron chi connectivity index (χ2n) is 6.04. The quantitative estimate of drug-likeness (QED) is 0.642. The molecule has 0 aliphatic rings. The molecule has 21 heavy (non-hydrogen) atoms. The highest BCUT2D eigenvalue weighted by Crippen LogP contribution is 2.25. The molecule has 1 heterocycles. The van der Waals surface area contributed by atoms with Gasteiger partial charge in [-0.15, -0.1) is 5.10 Å². The molecule has 0 aliphatic heterocycles. The number of carbonyl (C=O) groups excluding carboxylic acids is 1. The number of ketones is 1. The van der Waals surface area contributed by atoms with Gasteiger partial charge in [0.1, 0.15) is 0 Å². The van der Waals surface area contributed by atoms with Crippen molar-refractivity contribution in [3.63, 3.8) is 0 Å². The maximum absolute atomic E-state index is 12.4. The third-order valence-electron chi connectivity index (χ3n) is 3.27. The van der Waals surface area contributed by atoms with Crippen molar-refractivity contribution in [2.75, 3.05) is 0 Å². The van der Waals surface area contributed by atoms with E-state index in [0.29, 0.717) is 5.16 Å². The van der Waals surface area contributed by atoms with Crippen LogP contribution in [0.25, 0.3) is 0 Å². The molecule has 2 aromatic rings. The monoisotopic (exact) mass is 304 g/mol. The summed E-state index contributed by atoms with van der Waals surface area (Å²) in [5.74, 6) is 0.0865. The molecule has 0 radical (unpaired) electrons. The largest absolute Gasteiger partial charge is 0.293 e. The van der Waals surface area contributed by atoms with Crippen LogP contribution >= 0.6 is 11.8 Å². The fourth-order valence-electron chi connectivity index (χ4n) is 1.90. The summed E-state index contributed by atoms with van der Waals surface area (Å²) in [4.78, 5) is 12.4. The topological polar surface area (TPSA) is 60.7 Å². The minimum absolute atomic E-state index is 0.0865. The number of carbonyl (C=O) groups is 1. The zero-order valence-corrected chi connectivity index (χ0v) is 13.8. The summed E-state index contributed by atoms with van der Waals surface area (Å²) in [7, 11) is 1.76. The fourth-order valence-corrected chi connectivity index (χ4v) is 2.73. The van der Waals surface area contributed by atoms with Gasteiger partial charge in [0.15, 0.2) is 5.78 Å². The number of rotatable bonds is 4. The maximum Gasteiger partial charge on any atom is 0.209 e. The minimum atomic E-state index is -0.227. The summed E-state index contributed by atoms with van der Waals surface area (Å²) in [5.41, 5.74) is 2.03. The molecule has 1 aromatic heterocycles. The van der Waals surface area contributed by atoms with Crippen molar-refractivity contribution in [2.24, 2.45) is 7.05 Å². The van der Waals surface area contributed by atoms with E-state index in [1.807, 2.05) is 31.2 Å². The highest BCUT2D eigenvalue weighted by atomic mass is 32.2. The van der Waals surface area contributed by atoms with Gasteiger partial charge in [-0.1, -0.05) is 56.8 Å². The first-order valence-electron chi connectivity index (χ1n) is 6.83. The number of Topliss-reactive ketones (excluding diaryl/α,β-unsaturated/α-hetero) is 1. The van der Waals surface area contributed by atoms with E-state index in [-0.39, 0.29) is 16.4 Å². The second-order valence-corrected chi connectivity index (χ2v) is 7.34. The Kier molecular flexibility index (Phi) is 4.46. The number of thioether (sulfide) groups is 1. The Morgan fingerprint density at radius 2 is 1.86 bits per heavy atom. The normalized spacial score (nSPS) is 13.2. The third kappa shape index (κ3) is 3.69. The van der Waals surface area contributed by atoms with Crippen LogP contribution in [0.2, 0.25) is 0 Å². The molecular formula is C15H20N4OS. The molecule has 1 atom stereocenters. The van der Waals surface area contributed by atoms with Crippen LogP contribution in [0.3, 0.4) is 0 Å². The minimum Gasteiger partial charge on any atom is -0.293 e. The van der Waals surface area contributed by atoms with E-state index < -0.39 is 0 Å². The van der Waals surface area contributed by atoms with Gasteiger partial charge >= 0.3 is 0 Å². The van der Waals surface area contributed by atoms with Gasteiger partial charge in [0, 0.05) is 12.6 Å². The Bertz CT molecular complexity index is 628. The van der Waals surface area contributed by atoms with Gasteiger partial charge < -0.3 is 0 Å². The van der Waals surface area contributed by atoms with Crippen LogP contribution in [0.4, 0.5) is 0 Å². The Hall–Kier alpha value is -1.69. The molecular weight excluding hydrogens is 284 g/mol. The van der Waals surface area contributed by atoms with Crippen molar-refractivity contribution in [3.05, 3.63) is 35.4 Å². The Morgan fingerprint density at radius 3 is 2.33 bits per heavy atom. The van der Waals surface area contributed by atoms with E-state index in [1.54, 1.807) is 11.7 Å². The molecule has 0 unspecified atom stereocenters. The van der Waals surface area contributed by atoms with E-state index in [1.165, 1.54) is 17.3 Å². The molecule has 0 amide bonds. The maximum atomic E-state index is 12.4. The van der Waals surface area contributed by atoms with E-state index in [0.717, 1.165) is 5.56 Å². The van der Waals surface area contributed by atoms with Crippen LogP contribution in [0.1, 0.15) is 43.6 Å². The van der Waals surface area contributed by atoms with E-state index in [4.69, 9.17) is 0 Å². The summed E-state index contributed by atoms with van der Waals surface area (Å²) in [6, 6.07) is 7.84. The number of aromatic nitrogens is 4. The summed E-state index contributed by atoms with van der Waals surface area (Å²) < 4.78 is 1.57. The van der Waals surface area contributed by atoms with E-state index in [2.05, 4.69) is 36.3 Å². The summed E-state index contributed by atoms with van der Waals surface area (Å²) in [6.07, 6.45) is 0. The van der Waals surface area contributed by atoms with Crippen molar-refractivity contribution in [3.8, 4) is 0 Å². The number of benzene rings is 1. The first-order chi connectivity index (χ1) is 9.79. The summed E-state index contributed by atoms with van der Waals surface area (Å²) in [6.45, 7) is 8.34. The number of hydrogen-bond donors (Lipinski definition) is 0. The van der Waals surface area contributed by atoms with Crippen LogP contribution < -0.4 is 0 Å². The number of aryl methyl sites for hydroxylation is 1. The molecule has 0 bridgehead atoms. The number of hydrogen-bond acceptors (Lipinski definition) is 5. The molecule has 6 heteroatoms. The Morgan fingerprint density at radius 1 is 1.24 bits per heavy atom. The lowest BCUT2D eigenvalue weighted by atomic mass is 9.86. The van der Waals surface area contributed by atoms with Crippen LogP contribution in [-0.2, 0) is 12.5 Å². The first-order valence-corrected chi connectivity index (χ1v) is 7.71. The standard InChI is InChI=1S/C15H20N4OS/c1-10(21-14-16-17-18-19(14)5)13(20)11-6-8-12(9-7-11)15(2,3)4/h6-10H,1-5H3/t10-/m1/s1. The zero-order valence-electron chi connectivity index (χ0n) is 13.0. The van der Waals surface area contributed by atoms with Crippen molar-refractivity contribution in [2.45, 2.75) is 43.5 Å². The van der Waals surface area contributed by atoms with Crippen LogP contribution in [0.5, 0.6) is 0 Å². The third-order valence-corrected chi connectivity index (χ3v) is 4.39. The molecule has 0 spiro atoms. The van der Waals surface area contributed by atoms with E-state index >= 15 is 0 Å². The van der Waals surface area contributed by atoms with Gasteiger partial charge in [-0.05, 0) is 28.3 Å². The molecule has 1 aromatic carbocycles. The van der Waals surface area contributed by atoms with Gasteiger partial charge in [0.05, 0.1) is 5.25 Å². The number of nitrogens with zero attached hydrogens (tertiary/aromatic N) is 4. The lowest BCUT2D eigenvalue weighted by molar-refractivity contribution is 0.0994. The van der Waals surface area contributed by atoms with Gasteiger partial charge in [0.2, 0.25) is 5.16 Å². The van der Waals surface area contributed by atoms with Crippen molar-refractivity contribution < 1.29 is 4.79 Å². The van der Waals surface area contributed by atoms with Crippen LogP contribution in [0, 0.1) is 0 Å². The smallest absolute Gasteiger partial charge is 0.209 e. The average molecular weight is 304 g/mol. The summed E-state index contributed by atoms with van der Waals surface area (Å²) >= 11 is 1.37. The van der Waals surface area contributed by atoms with Gasteiger partial charge in [0.25, 0.3) is 0 Å². The molecule has 0 aliphatic carbocycles. The molecule has 0 fully saturated rings.